The summed E-state index contributed by atoms with van der Waals surface area (Å²) in [5.74, 6) is 1.68. The van der Waals surface area contributed by atoms with Gasteiger partial charge < -0.3 is 10.6 Å². The Labute approximate surface area is 120 Å². The Hall–Kier alpha value is -1.62. The summed E-state index contributed by atoms with van der Waals surface area (Å²) in [5, 5.41) is 6.65. The fourth-order valence-corrected chi connectivity index (χ4v) is 2.14. The minimum atomic E-state index is 0.594. The highest BCUT2D eigenvalue weighted by Crippen LogP contribution is 2.26. The maximum Gasteiger partial charge on any atom is 0.135 e. The summed E-state index contributed by atoms with van der Waals surface area (Å²) in [7, 11) is 0. The van der Waals surface area contributed by atoms with Crippen molar-refractivity contribution in [1.29, 1.82) is 0 Å². The van der Waals surface area contributed by atoms with Crippen molar-refractivity contribution in [3.63, 3.8) is 0 Å². The number of nitrogens with zero attached hydrogens (tertiary/aromatic N) is 2. The number of rotatable bonds is 4. The molecule has 1 aliphatic rings. The van der Waals surface area contributed by atoms with Crippen LogP contribution in [0, 0.1) is 6.92 Å². The van der Waals surface area contributed by atoms with Crippen molar-refractivity contribution < 1.29 is 0 Å². The average molecular weight is 319 g/mol. The van der Waals surface area contributed by atoms with Crippen molar-refractivity contribution in [3.8, 4) is 0 Å². The molecule has 1 heterocycles. The number of aryl methyl sites for hydroxylation is 1. The van der Waals surface area contributed by atoms with Gasteiger partial charge in [0.05, 0.1) is 0 Å². The number of hydrogen-bond donors (Lipinski definition) is 2. The van der Waals surface area contributed by atoms with Gasteiger partial charge in [0, 0.05) is 22.3 Å². The van der Waals surface area contributed by atoms with Crippen LogP contribution < -0.4 is 10.6 Å². The van der Waals surface area contributed by atoms with Crippen LogP contribution in [0.1, 0.15) is 18.4 Å². The zero-order valence-corrected chi connectivity index (χ0v) is 12.2. The van der Waals surface area contributed by atoms with Gasteiger partial charge in [0.15, 0.2) is 0 Å². The van der Waals surface area contributed by atoms with Gasteiger partial charge in [-0.3, -0.25) is 0 Å². The largest absolute Gasteiger partial charge is 0.367 e. The second-order valence-electron chi connectivity index (χ2n) is 4.80. The number of anilines is 3. The standard InChI is InChI=1S/C14H15BrN4/c1-9-2-3-11(6-12(9)15)19-14-7-13(16-8-17-14)18-10-4-5-10/h2-3,6-8,10H,4-5H2,1H3,(H2,16,17,18,19). The molecule has 0 atom stereocenters. The molecule has 0 aliphatic heterocycles. The van der Waals surface area contributed by atoms with Crippen molar-refractivity contribution in [1.82, 2.24) is 9.97 Å². The number of halogens is 1. The maximum atomic E-state index is 4.24. The normalized spacial score (nSPS) is 14.2. The van der Waals surface area contributed by atoms with Gasteiger partial charge in [-0.15, -0.1) is 0 Å². The summed E-state index contributed by atoms with van der Waals surface area (Å²) in [6.45, 7) is 2.07. The molecule has 1 aromatic carbocycles. The van der Waals surface area contributed by atoms with Crippen molar-refractivity contribution >= 4 is 33.3 Å². The summed E-state index contributed by atoms with van der Waals surface area (Å²) >= 11 is 3.53. The third-order valence-electron chi connectivity index (χ3n) is 3.04. The SMILES string of the molecule is Cc1ccc(Nc2cc(NC3CC3)ncn2)cc1Br. The molecule has 0 spiro atoms. The van der Waals surface area contributed by atoms with Gasteiger partial charge in [0.1, 0.15) is 18.0 Å². The summed E-state index contributed by atoms with van der Waals surface area (Å²) in [6, 6.07) is 8.68. The van der Waals surface area contributed by atoms with Crippen LogP contribution in [0.5, 0.6) is 0 Å². The topological polar surface area (TPSA) is 49.8 Å². The monoisotopic (exact) mass is 318 g/mol. The van der Waals surface area contributed by atoms with E-state index in [9.17, 15) is 0 Å². The Balaban J connectivity index is 1.75. The molecule has 0 amide bonds. The van der Waals surface area contributed by atoms with Crippen LogP contribution in [0.4, 0.5) is 17.3 Å². The zero-order valence-electron chi connectivity index (χ0n) is 10.7. The quantitative estimate of drug-likeness (QED) is 0.898. The van der Waals surface area contributed by atoms with Crippen molar-refractivity contribution in [2.45, 2.75) is 25.8 Å². The summed E-state index contributed by atoms with van der Waals surface area (Å²) in [4.78, 5) is 8.46. The molecule has 98 valence electrons. The molecule has 1 aliphatic carbocycles. The first-order chi connectivity index (χ1) is 9.20. The molecule has 2 aromatic rings. The molecule has 0 radical (unpaired) electrons. The lowest BCUT2D eigenvalue weighted by Gasteiger charge is -2.09. The lowest BCUT2D eigenvalue weighted by atomic mass is 10.2. The van der Waals surface area contributed by atoms with Gasteiger partial charge in [-0.25, -0.2) is 9.97 Å². The van der Waals surface area contributed by atoms with Crippen LogP contribution in [-0.4, -0.2) is 16.0 Å². The molecule has 1 fully saturated rings. The first kappa shape index (κ1) is 12.4. The summed E-state index contributed by atoms with van der Waals surface area (Å²) in [5.41, 5.74) is 2.22. The fourth-order valence-electron chi connectivity index (χ4n) is 1.76. The number of nitrogens with one attached hydrogen (secondary N) is 2. The molecular formula is C14H15BrN4. The van der Waals surface area contributed by atoms with E-state index >= 15 is 0 Å². The smallest absolute Gasteiger partial charge is 0.135 e. The van der Waals surface area contributed by atoms with E-state index in [1.165, 1.54) is 18.4 Å². The third-order valence-corrected chi connectivity index (χ3v) is 3.90. The molecule has 2 N–H and O–H groups in total. The van der Waals surface area contributed by atoms with Gasteiger partial charge >= 0.3 is 0 Å². The molecule has 1 aromatic heterocycles. The van der Waals surface area contributed by atoms with Gasteiger partial charge in [-0.05, 0) is 37.5 Å². The summed E-state index contributed by atoms with van der Waals surface area (Å²) < 4.78 is 1.09. The third kappa shape index (κ3) is 3.23. The first-order valence-corrected chi connectivity index (χ1v) is 7.12. The van der Waals surface area contributed by atoms with Crippen LogP contribution in [0.15, 0.2) is 35.1 Å². The molecule has 3 rings (SSSR count). The van der Waals surface area contributed by atoms with E-state index in [4.69, 9.17) is 0 Å². The Bertz CT molecular complexity index is 596. The molecule has 0 bridgehead atoms. The van der Waals surface area contributed by atoms with Crippen molar-refractivity contribution in [2.75, 3.05) is 10.6 Å². The molecule has 5 heteroatoms. The number of benzene rings is 1. The minimum Gasteiger partial charge on any atom is -0.367 e. The van der Waals surface area contributed by atoms with Gasteiger partial charge in [0.2, 0.25) is 0 Å². The second kappa shape index (κ2) is 5.17. The second-order valence-corrected chi connectivity index (χ2v) is 5.65. The Morgan fingerprint density at radius 1 is 1.16 bits per heavy atom. The van der Waals surface area contributed by atoms with Crippen molar-refractivity contribution in [2.24, 2.45) is 0 Å². The maximum absolute atomic E-state index is 4.24. The van der Waals surface area contributed by atoms with E-state index in [1.807, 2.05) is 18.2 Å². The highest BCUT2D eigenvalue weighted by Gasteiger charge is 2.21. The van der Waals surface area contributed by atoms with Crippen LogP contribution in [-0.2, 0) is 0 Å². The van der Waals surface area contributed by atoms with E-state index < -0.39 is 0 Å². The predicted octanol–water partition coefficient (Wildman–Crippen LogP) is 3.87. The van der Waals surface area contributed by atoms with E-state index in [-0.39, 0.29) is 0 Å². The summed E-state index contributed by atoms with van der Waals surface area (Å²) in [6.07, 6.45) is 4.05. The van der Waals surface area contributed by atoms with Crippen molar-refractivity contribution in [3.05, 3.63) is 40.6 Å². The van der Waals surface area contributed by atoms with E-state index in [1.54, 1.807) is 6.33 Å². The molecule has 1 saturated carbocycles. The molecule has 0 unspecified atom stereocenters. The zero-order chi connectivity index (χ0) is 13.2. The minimum absolute atomic E-state index is 0.594. The Morgan fingerprint density at radius 3 is 2.68 bits per heavy atom. The number of hydrogen-bond acceptors (Lipinski definition) is 4. The van der Waals surface area contributed by atoms with Crippen LogP contribution >= 0.6 is 15.9 Å². The van der Waals surface area contributed by atoms with Crippen LogP contribution in [0.25, 0.3) is 0 Å². The Morgan fingerprint density at radius 2 is 1.95 bits per heavy atom. The van der Waals surface area contributed by atoms with Gasteiger partial charge in [0.25, 0.3) is 0 Å². The number of aromatic nitrogens is 2. The highest BCUT2D eigenvalue weighted by atomic mass is 79.9. The predicted molar refractivity (Wildman–Crippen MR) is 80.8 cm³/mol. The molecule has 19 heavy (non-hydrogen) atoms. The first-order valence-electron chi connectivity index (χ1n) is 6.32. The van der Waals surface area contributed by atoms with E-state index in [0.29, 0.717) is 6.04 Å². The van der Waals surface area contributed by atoms with Crippen LogP contribution in [0.2, 0.25) is 0 Å². The van der Waals surface area contributed by atoms with Gasteiger partial charge in [-0.1, -0.05) is 22.0 Å². The molecular weight excluding hydrogens is 304 g/mol. The average Bonchev–Trinajstić information content (AvgIpc) is 3.18. The fraction of sp³-hybridized carbons (Fsp3) is 0.286. The van der Waals surface area contributed by atoms with E-state index in [0.717, 1.165) is 21.8 Å². The molecule has 4 nitrogen and oxygen atoms in total. The van der Waals surface area contributed by atoms with Crippen LogP contribution in [0.3, 0.4) is 0 Å². The molecule has 0 saturated heterocycles. The lowest BCUT2D eigenvalue weighted by molar-refractivity contribution is 1.08. The highest BCUT2D eigenvalue weighted by molar-refractivity contribution is 9.10. The van der Waals surface area contributed by atoms with Gasteiger partial charge in [-0.2, -0.15) is 0 Å². The Kier molecular flexibility index (Phi) is 3.38. The van der Waals surface area contributed by atoms with E-state index in [2.05, 4.69) is 49.5 Å². The lowest BCUT2D eigenvalue weighted by Crippen LogP contribution is -2.04.